The molecule has 1 N–H and O–H groups in total. The van der Waals surface area contributed by atoms with Crippen molar-refractivity contribution >= 4 is 51.2 Å². The molecule has 38 heavy (non-hydrogen) atoms. The van der Waals surface area contributed by atoms with Crippen molar-refractivity contribution in [2.45, 2.75) is 60.5 Å². The summed E-state index contributed by atoms with van der Waals surface area (Å²) < 4.78 is 9.90. The van der Waals surface area contributed by atoms with E-state index in [1.165, 1.54) is 0 Å². The van der Waals surface area contributed by atoms with Gasteiger partial charge < -0.3 is 24.4 Å². The number of thioether (sulfide) groups is 1. The van der Waals surface area contributed by atoms with E-state index in [0.29, 0.717) is 17.9 Å². The largest absolute Gasteiger partial charge is 0.497 e. The first kappa shape index (κ1) is 29.0. The molecule has 1 spiro atoms. The maximum absolute atomic E-state index is 14.6. The van der Waals surface area contributed by atoms with E-state index < -0.39 is 34.6 Å². The van der Waals surface area contributed by atoms with E-state index in [2.05, 4.69) is 22.5 Å². The van der Waals surface area contributed by atoms with Crippen LogP contribution < -0.4 is 9.64 Å². The van der Waals surface area contributed by atoms with Crippen LogP contribution in [0, 0.1) is 17.8 Å². The molecule has 2 bridgehead atoms. The summed E-state index contributed by atoms with van der Waals surface area (Å²) in [5, 5.41) is 10.3. The van der Waals surface area contributed by atoms with Gasteiger partial charge in [0.25, 0.3) is 5.91 Å². The van der Waals surface area contributed by atoms with E-state index in [0.717, 1.165) is 6.42 Å². The third kappa shape index (κ3) is 4.56. The molecule has 8 nitrogen and oxygen atoms in total. The van der Waals surface area contributed by atoms with Crippen LogP contribution >= 0.6 is 27.7 Å². The summed E-state index contributed by atoms with van der Waals surface area (Å²) in [4.78, 5) is 45.3. The van der Waals surface area contributed by atoms with E-state index in [4.69, 9.17) is 9.47 Å². The number of nitrogens with zero attached hydrogens (tertiary/aromatic N) is 2. The van der Waals surface area contributed by atoms with Crippen LogP contribution in [-0.4, -0.2) is 81.6 Å². The third-order valence-corrected chi connectivity index (χ3v) is 11.5. The number of methoxy groups -OCH3 is 1. The molecule has 2 amide bonds. The number of aliphatic hydroxyl groups excluding tert-OH is 1. The van der Waals surface area contributed by atoms with Gasteiger partial charge in [-0.1, -0.05) is 42.3 Å². The number of rotatable bonds is 11. The fourth-order valence-corrected chi connectivity index (χ4v) is 9.97. The van der Waals surface area contributed by atoms with Crippen molar-refractivity contribution in [3.63, 3.8) is 0 Å². The number of benzene rings is 1. The number of carbonyl (C=O) groups excluding carboxylic acids is 3. The zero-order chi connectivity index (χ0) is 27.8. The Morgan fingerprint density at radius 2 is 2.03 bits per heavy atom. The highest BCUT2D eigenvalue weighted by Gasteiger charge is 2.76. The lowest BCUT2D eigenvalue weighted by atomic mass is 9.71. The number of amides is 2. The molecule has 8 atom stereocenters. The number of aliphatic hydroxyl groups is 1. The number of hydrogen-bond acceptors (Lipinski definition) is 7. The minimum Gasteiger partial charge on any atom is -0.497 e. The third-order valence-electron chi connectivity index (χ3n) is 8.33. The van der Waals surface area contributed by atoms with Crippen LogP contribution in [0.1, 0.15) is 33.6 Å². The Bertz CT molecular complexity index is 1070. The highest BCUT2D eigenvalue weighted by Crippen LogP contribution is 2.68. The summed E-state index contributed by atoms with van der Waals surface area (Å²) in [5.74, 6) is -1.63. The maximum Gasteiger partial charge on any atom is 0.310 e. The van der Waals surface area contributed by atoms with Crippen LogP contribution in [0.5, 0.6) is 5.75 Å². The Morgan fingerprint density at radius 1 is 1.34 bits per heavy atom. The number of esters is 1. The van der Waals surface area contributed by atoms with Crippen molar-refractivity contribution in [1.82, 2.24) is 4.90 Å². The second kappa shape index (κ2) is 11.6. The van der Waals surface area contributed by atoms with Gasteiger partial charge in [-0.15, -0.1) is 18.3 Å². The predicted octanol–water partition coefficient (Wildman–Crippen LogP) is 3.65. The molecule has 0 aliphatic carbocycles. The van der Waals surface area contributed by atoms with Crippen molar-refractivity contribution < 1.29 is 29.0 Å². The van der Waals surface area contributed by atoms with E-state index in [1.807, 2.05) is 26.0 Å². The predicted molar refractivity (Wildman–Crippen MR) is 152 cm³/mol. The molecule has 3 heterocycles. The van der Waals surface area contributed by atoms with Crippen LogP contribution in [0.4, 0.5) is 5.69 Å². The number of carbonyl (C=O) groups is 3. The number of likely N-dealkylation sites (tertiary alicyclic amines) is 1. The molecule has 208 valence electrons. The molecule has 3 saturated heterocycles. The van der Waals surface area contributed by atoms with Gasteiger partial charge in [0.1, 0.15) is 11.8 Å². The Balaban J connectivity index is 1.85. The summed E-state index contributed by atoms with van der Waals surface area (Å²) in [6.07, 6.45) is 2.94. The molecule has 4 rings (SSSR count). The van der Waals surface area contributed by atoms with Crippen LogP contribution in [0.15, 0.2) is 36.9 Å². The number of anilines is 1. The lowest BCUT2D eigenvalue weighted by molar-refractivity contribution is -0.154. The zero-order valence-corrected chi connectivity index (χ0v) is 24.7. The Kier molecular flexibility index (Phi) is 8.84. The molecular formula is C28H37BrN2O6S. The normalized spacial score (nSPS) is 31.1. The summed E-state index contributed by atoms with van der Waals surface area (Å²) in [6.45, 7) is 9.78. The van der Waals surface area contributed by atoms with Crippen molar-refractivity contribution in [1.29, 1.82) is 0 Å². The molecule has 3 aliphatic rings. The van der Waals surface area contributed by atoms with E-state index in [1.54, 1.807) is 53.8 Å². The molecule has 10 heteroatoms. The Labute approximate surface area is 237 Å². The lowest BCUT2D eigenvalue weighted by Gasteiger charge is -2.41. The average molecular weight is 610 g/mol. The van der Waals surface area contributed by atoms with Crippen molar-refractivity contribution in [2.75, 3.05) is 31.8 Å². The molecule has 0 radical (unpaired) electrons. The number of alkyl halides is 1. The summed E-state index contributed by atoms with van der Waals surface area (Å²) in [7, 11) is 1.58. The van der Waals surface area contributed by atoms with E-state index >= 15 is 0 Å². The van der Waals surface area contributed by atoms with Crippen LogP contribution in [0.3, 0.4) is 0 Å². The monoisotopic (exact) mass is 608 g/mol. The molecule has 0 aromatic heterocycles. The van der Waals surface area contributed by atoms with Crippen molar-refractivity contribution in [3.8, 4) is 5.75 Å². The number of hydrogen-bond donors (Lipinski definition) is 1. The van der Waals surface area contributed by atoms with Gasteiger partial charge in [0.05, 0.1) is 42.9 Å². The topological polar surface area (TPSA) is 96.4 Å². The van der Waals surface area contributed by atoms with Gasteiger partial charge in [-0.3, -0.25) is 14.4 Å². The fraction of sp³-hybridized carbons (Fsp3) is 0.607. The first-order valence-corrected chi connectivity index (χ1v) is 15.0. The van der Waals surface area contributed by atoms with Gasteiger partial charge in [0.15, 0.2) is 0 Å². The van der Waals surface area contributed by atoms with Gasteiger partial charge in [-0.25, -0.2) is 0 Å². The summed E-state index contributed by atoms with van der Waals surface area (Å²) in [5.41, 5.74) is 0.655. The van der Waals surface area contributed by atoms with Gasteiger partial charge in [0, 0.05) is 22.3 Å². The van der Waals surface area contributed by atoms with Crippen LogP contribution in [0.2, 0.25) is 0 Å². The quantitative estimate of drug-likeness (QED) is 0.233. The number of fused-ring (bicyclic) bond motifs is 1. The van der Waals surface area contributed by atoms with E-state index in [-0.39, 0.29) is 47.6 Å². The first-order chi connectivity index (χ1) is 18.2. The minimum absolute atomic E-state index is 0.0497. The molecule has 1 aromatic carbocycles. The molecule has 3 aliphatic heterocycles. The average Bonchev–Trinajstić information content (AvgIpc) is 3.51. The molecular weight excluding hydrogens is 572 g/mol. The van der Waals surface area contributed by atoms with Gasteiger partial charge in [-0.05, 0) is 43.5 Å². The van der Waals surface area contributed by atoms with E-state index in [9.17, 15) is 19.5 Å². The first-order valence-electron chi connectivity index (χ1n) is 13.2. The fourth-order valence-electron chi connectivity index (χ4n) is 6.39. The molecule has 3 fully saturated rings. The summed E-state index contributed by atoms with van der Waals surface area (Å²) in [6, 6.07) is 5.77. The lowest BCUT2D eigenvalue weighted by Crippen LogP contribution is -2.59. The molecule has 1 aromatic rings. The maximum atomic E-state index is 14.6. The van der Waals surface area contributed by atoms with Gasteiger partial charge >= 0.3 is 5.97 Å². The Hall–Kier alpha value is -2.04. The van der Waals surface area contributed by atoms with Crippen molar-refractivity contribution in [2.24, 2.45) is 17.8 Å². The minimum atomic E-state index is -0.859. The molecule has 3 unspecified atom stereocenters. The molecule has 0 saturated carbocycles. The highest BCUT2D eigenvalue weighted by atomic mass is 79.9. The van der Waals surface area contributed by atoms with Crippen LogP contribution in [0.25, 0.3) is 0 Å². The standard InChI is InChI=1S/C28H37BrN2O6S/c1-6-13-30(17-9-11-18(36-5)12-10-17)26(34)24-28-14-19(29)23(38-28)21(27(35)37-8-3)22(28)25(33)31(24)20(15-32)16(4)7-2/h6,9-12,16,19-24,32H,1,7-8,13-15H2,2-5H3/t16-,19?,20-,21+,22-,23+,24?,28?/m0/s1. The summed E-state index contributed by atoms with van der Waals surface area (Å²) >= 11 is 5.33. The second-order valence-corrected chi connectivity index (χ2v) is 12.9. The number of ether oxygens (including phenoxy) is 2. The van der Waals surface area contributed by atoms with Gasteiger partial charge in [0.2, 0.25) is 5.91 Å². The Morgan fingerprint density at radius 3 is 2.58 bits per heavy atom. The van der Waals surface area contributed by atoms with Gasteiger partial charge in [-0.2, -0.15) is 0 Å². The number of halogens is 1. The zero-order valence-electron chi connectivity index (χ0n) is 22.3. The second-order valence-electron chi connectivity index (χ2n) is 10.2. The SMILES string of the molecule is C=CCN(C(=O)C1N([C@@H](CO)[C@@H](C)CC)C(=O)[C@@H]2[C@@H](C(=O)OCC)[C@@H]3SC12CC3Br)c1ccc(OC)cc1. The smallest absolute Gasteiger partial charge is 0.310 e. The highest BCUT2D eigenvalue weighted by molar-refractivity contribution is 9.09. The van der Waals surface area contributed by atoms with Crippen LogP contribution in [-0.2, 0) is 19.1 Å². The van der Waals surface area contributed by atoms with Crippen molar-refractivity contribution in [3.05, 3.63) is 36.9 Å².